The number of amides is 1. The Morgan fingerprint density at radius 1 is 1.35 bits per heavy atom. The first-order valence-corrected chi connectivity index (χ1v) is 6.58. The van der Waals surface area contributed by atoms with Gasteiger partial charge in [-0.3, -0.25) is 9.59 Å². The Labute approximate surface area is 102 Å². The average Bonchev–Trinajstić information content (AvgIpc) is 2.87. The van der Waals surface area contributed by atoms with Crippen molar-refractivity contribution in [2.75, 3.05) is 0 Å². The number of aliphatic carboxylic acids is 1. The van der Waals surface area contributed by atoms with E-state index in [9.17, 15) is 9.59 Å². The largest absolute Gasteiger partial charge is 0.481 e. The number of carbonyl (C=O) groups is 2. The van der Waals surface area contributed by atoms with Crippen molar-refractivity contribution >= 4 is 11.9 Å². The van der Waals surface area contributed by atoms with Crippen LogP contribution in [-0.2, 0) is 9.59 Å². The van der Waals surface area contributed by atoms with Crippen molar-refractivity contribution in [1.82, 2.24) is 5.32 Å². The van der Waals surface area contributed by atoms with E-state index in [0.29, 0.717) is 12.3 Å². The molecule has 4 unspecified atom stereocenters. The summed E-state index contributed by atoms with van der Waals surface area (Å²) in [4.78, 5) is 22.5. The molecule has 0 radical (unpaired) electrons. The van der Waals surface area contributed by atoms with Crippen LogP contribution < -0.4 is 5.32 Å². The van der Waals surface area contributed by atoms with Crippen LogP contribution in [0.4, 0.5) is 0 Å². The summed E-state index contributed by atoms with van der Waals surface area (Å²) in [6.07, 6.45) is 5.40. The molecule has 2 N–H and O–H groups in total. The van der Waals surface area contributed by atoms with E-state index in [1.807, 2.05) is 6.92 Å². The topological polar surface area (TPSA) is 66.4 Å². The molecule has 17 heavy (non-hydrogen) atoms. The van der Waals surface area contributed by atoms with Gasteiger partial charge in [0.1, 0.15) is 0 Å². The fourth-order valence-corrected chi connectivity index (χ4v) is 3.33. The fourth-order valence-electron chi connectivity index (χ4n) is 3.33. The Bertz CT molecular complexity index is 316. The summed E-state index contributed by atoms with van der Waals surface area (Å²) in [5.41, 5.74) is 0. The molecule has 0 aromatic carbocycles. The molecule has 0 heterocycles. The van der Waals surface area contributed by atoms with Crippen LogP contribution in [0.25, 0.3) is 0 Å². The van der Waals surface area contributed by atoms with Crippen LogP contribution in [0.5, 0.6) is 0 Å². The second-order valence-corrected chi connectivity index (χ2v) is 5.62. The zero-order chi connectivity index (χ0) is 12.4. The Hall–Kier alpha value is -1.06. The highest BCUT2D eigenvalue weighted by molar-refractivity contribution is 5.79. The molecule has 0 saturated heterocycles. The molecule has 0 spiro atoms. The van der Waals surface area contributed by atoms with Crippen LogP contribution in [0.3, 0.4) is 0 Å². The maximum atomic E-state index is 12.0. The lowest BCUT2D eigenvalue weighted by atomic mass is 9.88. The van der Waals surface area contributed by atoms with Gasteiger partial charge in [0.15, 0.2) is 0 Å². The Morgan fingerprint density at radius 2 is 2.12 bits per heavy atom. The predicted octanol–water partition coefficient (Wildman–Crippen LogP) is 1.79. The number of carbonyl (C=O) groups excluding carboxylic acids is 1. The maximum Gasteiger partial charge on any atom is 0.303 e. The Morgan fingerprint density at radius 3 is 2.65 bits per heavy atom. The SMILES string of the molecule is CC(CCC(=O)O)NC(=O)C1CC2CCC1C2. The number of carboxylic acid groups (broad SMARTS) is 1. The molecule has 2 saturated carbocycles. The second-order valence-electron chi connectivity index (χ2n) is 5.62. The van der Waals surface area contributed by atoms with E-state index in [-0.39, 0.29) is 24.3 Å². The van der Waals surface area contributed by atoms with E-state index >= 15 is 0 Å². The summed E-state index contributed by atoms with van der Waals surface area (Å²) in [6, 6.07) is -0.0299. The molecule has 4 heteroatoms. The highest BCUT2D eigenvalue weighted by Gasteiger charge is 2.43. The van der Waals surface area contributed by atoms with Crippen molar-refractivity contribution in [3.63, 3.8) is 0 Å². The Balaban J connectivity index is 1.75. The smallest absolute Gasteiger partial charge is 0.303 e. The number of rotatable bonds is 5. The minimum atomic E-state index is -0.800. The Kier molecular flexibility index (Phi) is 3.69. The molecule has 4 atom stereocenters. The van der Waals surface area contributed by atoms with Crippen molar-refractivity contribution in [2.24, 2.45) is 17.8 Å². The summed E-state index contributed by atoms with van der Waals surface area (Å²) >= 11 is 0. The number of nitrogens with one attached hydrogen (secondary N) is 1. The zero-order valence-corrected chi connectivity index (χ0v) is 10.3. The van der Waals surface area contributed by atoms with Gasteiger partial charge in [-0.15, -0.1) is 0 Å². The van der Waals surface area contributed by atoms with Gasteiger partial charge in [-0.05, 0) is 44.4 Å². The van der Waals surface area contributed by atoms with Gasteiger partial charge < -0.3 is 10.4 Å². The summed E-state index contributed by atoms with van der Waals surface area (Å²) < 4.78 is 0. The number of hydrogen-bond donors (Lipinski definition) is 2. The highest BCUT2D eigenvalue weighted by atomic mass is 16.4. The molecule has 2 fully saturated rings. The van der Waals surface area contributed by atoms with Crippen LogP contribution >= 0.6 is 0 Å². The number of carboxylic acids is 1. The summed E-state index contributed by atoms with van der Waals surface area (Å²) in [5, 5.41) is 11.5. The normalized spacial score (nSPS) is 32.4. The molecule has 0 aromatic heterocycles. The monoisotopic (exact) mass is 239 g/mol. The molecule has 4 nitrogen and oxygen atoms in total. The molecule has 0 aromatic rings. The minimum Gasteiger partial charge on any atom is -0.481 e. The summed E-state index contributed by atoms with van der Waals surface area (Å²) in [7, 11) is 0. The number of fused-ring (bicyclic) bond motifs is 2. The average molecular weight is 239 g/mol. The van der Waals surface area contributed by atoms with Crippen molar-refractivity contribution in [3.05, 3.63) is 0 Å². The van der Waals surface area contributed by atoms with Crippen molar-refractivity contribution in [2.45, 2.75) is 51.5 Å². The van der Waals surface area contributed by atoms with Gasteiger partial charge in [-0.1, -0.05) is 6.42 Å². The standard InChI is InChI=1S/C13H21NO3/c1-8(2-5-12(15)16)14-13(17)11-7-9-3-4-10(11)6-9/h8-11H,2-7H2,1H3,(H,14,17)(H,15,16). The van der Waals surface area contributed by atoms with Gasteiger partial charge in [0.25, 0.3) is 0 Å². The minimum absolute atomic E-state index is 0.0299. The van der Waals surface area contributed by atoms with E-state index in [1.165, 1.54) is 19.3 Å². The van der Waals surface area contributed by atoms with Crippen LogP contribution in [0.1, 0.15) is 45.4 Å². The molecular formula is C13H21NO3. The first-order valence-electron chi connectivity index (χ1n) is 6.58. The predicted molar refractivity (Wildman–Crippen MR) is 63.4 cm³/mol. The van der Waals surface area contributed by atoms with E-state index in [2.05, 4.69) is 5.32 Å². The number of hydrogen-bond acceptors (Lipinski definition) is 2. The van der Waals surface area contributed by atoms with E-state index in [1.54, 1.807) is 0 Å². The van der Waals surface area contributed by atoms with E-state index < -0.39 is 5.97 Å². The molecule has 1 amide bonds. The molecule has 2 bridgehead atoms. The van der Waals surface area contributed by atoms with Crippen LogP contribution in [0, 0.1) is 17.8 Å². The molecule has 96 valence electrons. The highest BCUT2D eigenvalue weighted by Crippen LogP contribution is 2.48. The lowest BCUT2D eigenvalue weighted by Crippen LogP contribution is -2.39. The second kappa shape index (κ2) is 5.07. The molecule has 2 rings (SSSR count). The van der Waals surface area contributed by atoms with Crippen LogP contribution in [0.2, 0.25) is 0 Å². The maximum absolute atomic E-state index is 12.0. The fraction of sp³-hybridized carbons (Fsp3) is 0.846. The molecule has 2 aliphatic carbocycles. The van der Waals surface area contributed by atoms with Crippen LogP contribution in [0.15, 0.2) is 0 Å². The third-order valence-electron chi connectivity index (χ3n) is 4.25. The molecular weight excluding hydrogens is 218 g/mol. The van der Waals surface area contributed by atoms with Crippen LogP contribution in [-0.4, -0.2) is 23.0 Å². The zero-order valence-electron chi connectivity index (χ0n) is 10.3. The van der Waals surface area contributed by atoms with Gasteiger partial charge in [-0.2, -0.15) is 0 Å². The van der Waals surface area contributed by atoms with Crippen molar-refractivity contribution in [3.8, 4) is 0 Å². The first kappa shape index (κ1) is 12.4. The molecule has 2 aliphatic rings. The van der Waals surface area contributed by atoms with Gasteiger partial charge in [0.2, 0.25) is 5.91 Å². The van der Waals surface area contributed by atoms with Crippen molar-refractivity contribution in [1.29, 1.82) is 0 Å². The van der Waals surface area contributed by atoms with Gasteiger partial charge in [0, 0.05) is 18.4 Å². The summed E-state index contributed by atoms with van der Waals surface area (Å²) in [6.45, 7) is 1.88. The third kappa shape index (κ3) is 2.99. The van der Waals surface area contributed by atoms with Gasteiger partial charge in [-0.25, -0.2) is 0 Å². The summed E-state index contributed by atoms with van der Waals surface area (Å²) in [5.74, 6) is 0.902. The van der Waals surface area contributed by atoms with Gasteiger partial charge >= 0.3 is 5.97 Å². The first-order chi connectivity index (χ1) is 8.06. The lowest BCUT2D eigenvalue weighted by molar-refractivity contribution is -0.137. The van der Waals surface area contributed by atoms with E-state index in [4.69, 9.17) is 5.11 Å². The molecule has 0 aliphatic heterocycles. The third-order valence-corrected chi connectivity index (χ3v) is 4.25. The van der Waals surface area contributed by atoms with Gasteiger partial charge in [0.05, 0.1) is 0 Å². The lowest BCUT2D eigenvalue weighted by Gasteiger charge is -2.23. The van der Waals surface area contributed by atoms with E-state index in [0.717, 1.165) is 12.3 Å². The quantitative estimate of drug-likeness (QED) is 0.768. The van der Waals surface area contributed by atoms with Crippen molar-refractivity contribution < 1.29 is 14.7 Å².